The van der Waals surface area contributed by atoms with Crippen molar-refractivity contribution in [3.63, 3.8) is 0 Å². The van der Waals surface area contributed by atoms with Gasteiger partial charge in [-0.05, 0) is 43.5 Å². The summed E-state index contributed by atoms with van der Waals surface area (Å²) in [6, 6.07) is 7.78. The topological polar surface area (TPSA) is 50.9 Å². The van der Waals surface area contributed by atoms with E-state index >= 15 is 0 Å². The monoisotopic (exact) mass is 325 g/mol. The first-order valence-electron chi connectivity index (χ1n) is 6.69. The molecule has 0 radical (unpaired) electrons. The van der Waals surface area contributed by atoms with E-state index in [1.165, 1.54) is 19.3 Å². The minimum absolute atomic E-state index is 0.552. The fourth-order valence-corrected chi connectivity index (χ4v) is 2.34. The molecule has 19 heavy (non-hydrogen) atoms. The summed E-state index contributed by atoms with van der Waals surface area (Å²) in [7, 11) is 0. The lowest BCUT2D eigenvalue weighted by molar-refractivity contribution is 0.321. The normalized spacial score (nSPS) is 16.5. The Kier molecular flexibility index (Phi) is 5.51. The Morgan fingerprint density at radius 2 is 1.89 bits per heavy atom. The first-order chi connectivity index (χ1) is 9.25. The van der Waals surface area contributed by atoms with Gasteiger partial charge in [-0.3, -0.25) is 0 Å². The molecule has 1 aliphatic rings. The molecule has 0 amide bonds. The fourth-order valence-electron chi connectivity index (χ4n) is 2.08. The van der Waals surface area contributed by atoms with Gasteiger partial charge in [0.15, 0.2) is 5.96 Å². The maximum absolute atomic E-state index is 5.96. The number of piperidine rings is 1. The zero-order valence-corrected chi connectivity index (χ0v) is 12.6. The van der Waals surface area contributed by atoms with Crippen LogP contribution in [-0.2, 0) is 0 Å². The number of benzene rings is 1. The van der Waals surface area contributed by atoms with Crippen LogP contribution in [0.4, 0.5) is 0 Å². The third kappa shape index (κ3) is 4.74. The van der Waals surface area contributed by atoms with Crippen LogP contribution in [0.5, 0.6) is 5.75 Å². The van der Waals surface area contributed by atoms with Crippen molar-refractivity contribution in [3.8, 4) is 5.75 Å². The van der Waals surface area contributed by atoms with E-state index in [0.717, 1.165) is 23.3 Å². The van der Waals surface area contributed by atoms with Crippen LogP contribution in [0.25, 0.3) is 0 Å². The summed E-state index contributed by atoms with van der Waals surface area (Å²) in [5.41, 5.74) is 5.96. The van der Waals surface area contributed by atoms with Crippen LogP contribution in [0.3, 0.4) is 0 Å². The highest BCUT2D eigenvalue weighted by Gasteiger charge is 2.11. The van der Waals surface area contributed by atoms with Gasteiger partial charge in [-0.2, -0.15) is 0 Å². The summed E-state index contributed by atoms with van der Waals surface area (Å²) in [4.78, 5) is 6.52. The molecule has 0 aromatic heterocycles. The zero-order valence-electron chi connectivity index (χ0n) is 11.0. The van der Waals surface area contributed by atoms with Crippen molar-refractivity contribution in [2.24, 2.45) is 10.7 Å². The SMILES string of the molecule is NC(=NCCOc1ccc(Br)cc1)N1CCCCC1. The van der Waals surface area contributed by atoms with E-state index in [1.54, 1.807) is 0 Å². The van der Waals surface area contributed by atoms with E-state index < -0.39 is 0 Å². The average molecular weight is 326 g/mol. The summed E-state index contributed by atoms with van der Waals surface area (Å²) < 4.78 is 6.65. The van der Waals surface area contributed by atoms with Crippen LogP contribution in [0, 0.1) is 0 Å². The Hall–Kier alpha value is -1.23. The molecule has 0 saturated carbocycles. The number of nitrogens with zero attached hydrogens (tertiary/aromatic N) is 2. The Bertz CT molecular complexity index is 413. The minimum atomic E-state index is 0.552. The zero-order chi connectivity index (χ0) is 13.5. The van der Waals surface area contributed by atoms with Gasteiger partial charge in [0.25, 0.3) is 0 Å². The molecule has 104 valence electrons. The molecule has 2 N–H and O–H groups in total. The number of hydrogen-bond donors (Lipinski definition) is 1. The van der Waals surface area contributed by atoms with Crippen molar-refractivity contribution in [2.45, 2.75) is 19.3 Å². The number of guanidine groups is 1. The molecule has 0 spiro atoms. The van der Waals surface area contributed by atoms with E-state index in [9.17, 15) is 0 Å². The molecule has 5 heteroatoms. The second-order valence-electron chi connectivity index (χ2n) is 4.59. The van der Waals surface area contributed by atoms with Gasteiger partial charge in [-0.15, -0.1) is 0 Å². The van der Waals surface area contributed by atoms with Gasteiger partial charge in [-0.25, -0.2) is 4.99 Å². The molecule has 1 fully saturated rings. The average Bonchev–Trinajstić information content (AvgIpc) is 2.46. The molecular weight excluding hydrogens is 306 g/mol. The van der Waals surface area contributed by atoms with Crippen LogP contribution in [-0.4, -0.2) is 37.1 Å². The second kappa shape index (κ2) is 7.38. The largest absolute Gasteiger partial charge is 0.492 e. The Morgan fingerprint density at radius 1 is 1.21 bits per heavy atom. The van der Waals surface area contributed by atoms with Gasteiger partial charge >= 0.3 is 0 Å². The van der Waals surface area contributed by atoms with Gasteiger partial charge in [0, 0.05) is 17.6 Å². The lowest BCUT2D eigenvalue weighted by Crippen LogP contribution is -2.41. The number of hydrogen-bond acceptors (Lipinski definition) is 2. The number of rotatable bonds is 4. The van der Waals surface area contributed by atoms with Gasteiger partial charge in [-0.1, -0.05) is 15.9 Å². The Balaban J connectivity index is 1.71. The van der Waals surface area contributed by atoms with Crippen molar-refractivity contribution >= 4 is 21.9 Å². The van der Waals surface area contributed by atoms with Crippen molar-refractivity contribution in [1.29, 1.82) is 0 Å². The molecule has 1 saturated heterocycles. The van der Waals surface area contributed by atoms with Crippen molar-refractivity contribution in [2.75, 3.05) is 26.2 Å². The predicted octanol–water partition coefficient (Wildman–Crippen LogP) is 2.63. The van der Waals surface area contributed by atoms with Crippen LogP contribution < -0.4 is 10.5 Å². The summed E-state index contributed by atoms with van der Waals surface area (Å²) in [5, 5.41) is 0. The number of likely N-dealkylation sites (tertiary alicyclic amines) is 1. The van der Waals surface area contributed by atoms with E-state index in [4.69, 9.17) is 10.5 Å². The molecule has 1 heterocycles. The molecule has 1 aliphatic heterocycles. The maximum Gasteiger partial charge on any atom is 0.191 e. The first kappa shape index (κ1) is 14.2. The highest BCUT2D eigenvalue weighted by Crippen LogP contribution is 2.15. The molecule has 0 aliphatic carbocycles. The van der Waals surface area contributed by atoms with Crippen molar-refractivity contribution in [1.82, 2.24) is 4.90 Å². The van der Waals surface area contributed by atoms with E-state index in [-0.39, 0.29) is 0 Å². The number of halogens is 1. The molecule has 0 atom stereocenters. The predicted molar refractivity (Wildman–Crippen MR) is 81.6 cm³/mol. The molecule has 4 nitrogen and oxygen atoms in total. The van der Waals surface area contributed by atoms with Gasteiger partial charge in [0.05, 0.1) is 6.54 Å². The van der Waals surface area contributed by atoms with E-state index in [1.807, 2.05) is 24.3 Å². The summed E-state index contributed by atoms with van der Waals surface area (Å²) in [5.74, 6) is 1.51. The Morgan fingerprint density at radius 3 is 2.58 bits per heavy atom. The third-order valence-corrected chi connectivity index (χ3v) is 3.66. The fraction of sp³-hybridized carbons (Fsp3) is 0.500. The maximum atomic E-state index is 5.96. The smallest absolute Gasteiger partial charge is 0.191 e. The van der Waals surface area contributed by atoms with Crippen LogP contribution in [0.1, 0.15) is 19.3 Å². The van der Waals surface area contributed by atoms with Crippen molar-refractivity contribution in [3.05, 3.63) is 28.7 Å². The minimum Gasteiger partial charge on any atom is -0.492 e. The summed E-state index contributed by atoms with van der Waals surface area (Å²) in [6.45, 7) is 3.21. The van der Waals surface area contributed by atoms with Crippen molar-refractivity contribution < 1.29 is 4.74 Å². The number of aliphatic imine (C=N–C) groups is 1. The lowest BCUT2D eigenvalue weighted by atomic mass is 10.1. The van der Waals surface area contributed by atoms with Gasteiger partial charge in [0.2, 0.25) is 0 Å². The quantitative estimate of drug-likeness (QED) is 0.526. The molecule has 1 aromatic rings. The Labute approximate surface area is 122 Å². The highest BCUT2D eigenvalue weighted by atomic mass is 79.9. The number of ether oxygens (including phenoxy) is 1. The molecule has 1 aromatic carbocycles. The third-order valence-electron chi connectivity index (χ3n) is 3.13. The lowest BCUT2D eigenvalue weighted by Gasteiger charge is -2.27. The highest BCUT2D eigenvalue weighted by molar-refractivity contribution is 9.10. The second-order valence-corrected chi connectivity index (χ2v) is 5.51. The molecule has 2 rings (SSSR count). The number of nitrogens with two attached hydrogens (primary N) is 1. The van der Waals surface area contributed by atoms with Crippen LogP contribution in [0.15, 0.2) is 33.7 Å². The van der Waals surface area contributed by atoms with Gasteiger partial charge in [0.1, 0.15) is 12.4 Å². The van der Waals surface area contributed by atoms with Gasteiger partial charge < -0.3 is 15.4 Å². The van der Waals surface area contributed by atoms with E-state index in [0.29, 0.717) is 19.1 Å². The van der Waals surface area contributed by atoms with E-state index in [2.05, 4.69) is 25.8 Å². The van der Waals surface area contributed by atoms with Crippen LogP contribution in [0.2, 0.25) is 0 Å². The van der Waals surface area contributed by atoms with Crippen LogP contribution >= 0.6 is 15.9 Å². The first-order valence-corrected chi connectivity index (χ1v) is 7.48. The molecule has 0 unspecified atom stereocenters. The summed E-state index contributed by atoms with van der Waals surface area (Å²) >= 11 is 3.39. The molecular formula is C14H20BrN3O. The summed E-state index contributed by atoms with van der Waals surface area (Å²) in [6.07, 6.45) is 3.73. The molecule has 0 bridgehead atoms. The standard InChI is InChI=1S/C14H20BrN3O/c15-12-4-6-13(7-5-12)19-11-8-17-14(16)18-9-2-1-3-10-18/h4-7H,1-3,8-11H2,(H2,16,17).